The van der Waals surface area contributed by atoms with Crippen LogP contribution in [-0.2, 0) is 0 Å². The minimum Gasteiger partial charge on any atom is -0.208 e. The lowest BCUT2D eigenvalue weighted by Gasteiger charge is -2.17. The summed E-state index contributed by atoms with van der Waals surface area (Å²) in [6.45, 7) is 0. The predicted octanol–water partition coefficient (Wildman–Crippen LogP) is 12.3. The van der Waals surface area contributed by atoms with Crippen LogP contribution < -0.4 is 0 Å². The molecule has 0 aliphatic heterocycles. The van der Waals surface area contributed by atoms with Gasteiger partial charge in [-0.3, -0.25) is 0 Å². The van der Waals surface area contributed by atoms with E-state index in [-0.39, 0.29) is 0 Å². The molecule has 3 nitrogen and oxygen atoms in total. The van der Waals surface area contributed by atoms with E-state index in [0.29, 0.717) is 17.5 Å². The van der Waals surface area contributed by atoms with Crippen LogP contribution in [0.25, 0.3) is 99.2 Å². The topological polar surface area (TPSA) is 38.7 Å². The molecule has 0 N–H and O–H groups in total. The van der Waals surface area contributed by atoms with E-state index >= 15 is 0 Å². The summed E-state index contributed by atoms with van der Waals surface area (Å²) in [5.41, 5.74) is 5.28. The van der Waals surface area contributed by atoms with E-state index in [1.807, 2.05) is 60.7 Å². The molecular weight excluding hydrogens is 607 g/mol. The third kappa shape index (κ3) is 4.56. The summed E-state index contributed by atoms with van der Waals surface area (Å²) in [6.07, 6.45) is 0. The van der Waals surface area contributed by atoms with Gasteiger partial charge in [-0.15, -0.1) is 0 Å². The van der Waals surface area contributed by atoms with Gasteiger partial charge in [0.25, 0.3) is 0 Å². The molecule has 9 aromatic carbocycles. The van der Waals surface area contributed by atoms with Crippen LogP contribution in [0.5, 0.6) is 0 Å². The summed E-state index contributed by atoms with van der Waals surface area (Å²) >= 11 is 0. The van der Waals surface area contributed by atoms with Gasteiger partial charge in [-0.2, -0.15) is 0 Å². The third-order valence-corrected chi connectivity index (χ3v) is 9.90. The van der Waals surface area contributed by atoms with Gasteiger partial charge in [-0.25, -0.2) is 15.0 Å². The Balaban J connectivity index is 1.24. The van der Waals surface area contributed by atoms with Crippen LogP contribution >= 0.6 is 0 Å². The standard InChI is InChI=1S/C47H29N3/c1-3-14-31(15-4-1)45-48-46(32-16-5-2-6-17-32)50-47(49-45)42-28-26-39(36-21-11-12-22-37(36)42)43-29-33-18-8-10-20-35(33)44-40-24-23-30-13-7-9-19-34(30)38(40)25-27-41(43)44/h1-29H. The molecule has 10 aromatic rings. The molecule has 0 aliphatic rings. The van der Waals surface area contributed by atoms with E-state index in [1.165, 1.54) is 54.2 Å². The Morgan fingerprint density at radius 2 is 0.760 bits per heavy atom. The first-order valence-electron chi connectivity index (χ1n) is 17.0. The molecule has 50 heavy (non-hydrogen) atoms. The Kier molecular flexibility index (Phi) is 6.49. The highest BCUT2D eigenvalue weighted by Gasteiger charge is 2.18. The SMILES string of the molecule is c1ccc(-c2nc(-c3ccccc3)nc(-c3ccc(-c4cc5ccccc5c5c4ccc4c6ccccc6ccc45)c4ccccc34)n2)cc1. The molecule has 0 spiro atoms. The van der Waals surface area contributed by atoms with Crippen LogP contribution in [0.2, 0.25) is 0 Å². The number of hydrogen-bond donors (Lipinski definition) is 0. The van der Waals surface area contributed by atoms with Gasteiger partial charge < -0.3 is 0 Å². The van der Waals surface area contributed by atoms with Gasteiger partial charge in [0.05, 0.1) is 0 Å². The lowest BCUT2D eigenvalue weighted by molar-refractivity contribution is 1.08. The second-order valence-corrected chi connectivity index (χ2v) is 12.8. The molecule has 0 bridgehead atoms. The van der Waals surface area contributed by atoms with Crippen molar-refractivity contribution in [1.29, 1.82) is 0 Å². The van der Waals surface area contributed by atoms with Crippen LogP contribution in [-0.4, -0.2) is 15.0 Å². The molecule has 0 radical (unpaired) electrons. The third-order valence-electron chi connectivity index (χ3n) is 9.90. The summed E-state index contributed by atoms with van der Waals surface area (Å²) in [5.74, 6) is 1.96. The molecule has 0 saturated heterocycles. The number of rotatable bonds is 4. The Labute approximate surface area is 289 Å². The van der Waals surface area contributed by atoms with E-state index in [2.05, 4.69) is 115 Å². The van der Waals surface area contributed by atoms with E-state index in [1.54, 1.807) is 0 Å². The molecule has 10 rings (SSSR count). The van der Waals surface area contributed by atoms with Crippen LogP contribution in [0.15, 0.2) is 176 Å². The molecule has 1 aromatic heterocycles. The minimum absolute atomic E-state index is 0.654. The molecule has 0 fully saturated rings. The van der Waals surface area contributed by atoms with Crippen molar-refractivity contribution in [2.24, 2.45) is 0 Å². The number of nitrogens with zero attached hydrogens (tertiary/aromatic N) is 3. The Morgan fingerprint density at radius 3 is 1.46 bits per heavy atom. The van der Waals surface area contributed by atoms with Gasteiger partial charge in [0.2, 0.25) is 0 Å². The van der Waals surface area contributed by atoms with Gasteiger partial charge in [-0.05, 0) is 77.1 Å². The first-order valence-corrected chi connectivity index (χ1v) is 17.0. The molecule has 0 atom stereocenters. The molecule has 0 amide bonds. The Hall–Kier alpha value is -6.71. The maximum Gasteiger partial charge on any atom is 0.164 e. The molecule has 0 aliphatic carbocycles. The zero-order valence-electron chi connectivity index (χ0n) is 27.1. The maximum absolute atomic E-state index is 5.08. The van der Waals surface area contributed by atoms with Gasteiger partial charge in [0.1, 0.15) is 0 Å². The fourth-order valence-electron chi connectivity index (χ4n) is 7.57. The van der Waals surface area contributed by atoms with Crippen molar-refractivity contribution in [2.45, 2.75) is 0 Å². The lowest BCUT2D eigenvalue weighted by atomic mass is 9.87. The van der Waals surface area contributed by atoms with Crippen molar-refractivity contribution in [3.05, 3.63) is 176 Å². The van der Waals surface area contributed by atoms with Crippen molar-refractivity contribution in [1.82, 2.24) is 15.0 Å². The highest BCUT2D eigenvalue weighted by Crippen LogP contribution is 2.43. The molecule has 3 heteroatoms. The van der Waals surface area contributed by atoms with Crippen molar-refractivity contribution in [3.63, 3.8) is 0 Å². The first-order chi connectivity index (χ1) is 24.8. The smallest absolute Gasteiger partial charge is 0.164 e. The van der Waals surface area contributed by atoms with Crippen molar-refractivity contribution in [2.75, 3.05) is 0 Å². The number of fused-ring (bicyclic) bond motifs is 8. The van der Waals surface area contributed by atoms with Crippen LogP contribution in [0.1, 0.15) is 0 Å². The Morgan fingerprint density at radius 1 is 0.260 bits per heavy atom. The summed E-state index contributed by atoms with van der Waals surface area (Å²) in [4.78, 5) is 15.1. The molecule has 0 saturated carbocycles. The van der Waals surface area contributed by atoms with E-state index in [0.717, 1.165) is 27.5 Å². The van der Waals surface area contributed by atoms with Crippen molar-refractivity contribution in [3.8, 4) is 45.3 Å². The average molecular weight is 636 g/mol. The summed E-state index contributed by atoms with van der Waals surface area (Å²) in [7, 11) is 0. The fraction of sp³-hybridized carbons (Fsp3) is 0. The van der Waals surface area contributed by atoms with Crippen molar-refractivity contribution >= 4 is 53.9 Å². The van der Waals surface area contributed by atoms with E-state index < -0.39 is 0 Å². The number of benzene rings is 9. The number of aromatic nitrogens is 3. The average Bonchev–Trinajstić information content (AvgIpc) is 3.20. The summed E-state index contributed by atoms with van der Waals surface area (Å²) in [6, 6.07) is 62.3. The largest absolute Gasteiger partial charge is 0.208 e. The van der Waals surface area contributed by atoms with Gasteiger partial charge in [0, 0.05) is 16.7 Å². The van der Waals surface area contributed by atoms with Gasteiger partial charge in [0.15, 0.2) is 17.5 Å². The van der Waals surface area contributed by atoms with Gasteiger partial charge >= 0.3 is 0 Å². The van der Waals surface area contributed by atoms with Crippen LogP contribution in [0, 0.1) is 0 Å². The highest BCUT2D eigenvalue weighted by atomic mass is 15.0. The molecule has 0 unspecified atom stereocenters. The quantitative estimate of drug-likeness (QED) is 0.181. The zero-order chi connectivity index (χ0) is 33.0. The lowest BCUT2D eigenvalue weighted by Crippen LogP contribution is -2.00. The van der Waals surface area contributed by atoms with Crippen molar-refractivity contribution < 1.29 is 0 Å². The van der Waals surface area contributed by atoms with Crippen LogP contribution in [0.4, 0.5) is 0 Å². The monoisotopic (exact) mass is 635 g/mol. The first kappa shape index (κ1) is 28.3. The molecule has 1 heterocycles. The zero-order valence-corrected chi connectivity index (χ0v) is 27.1. The Bertz CT molecular complexity index is 2860. The number of hydrogen-bond acceptors (Lipinski definition) is 3. The predicted molar refractivity (Wildman–Crippen MR) is 209 cm³/mol. The van der Waals surface area contributed by atoms with E-state index in [9.17, 15) is 0 Å². The highest BCUT2D eigenvalue weighted by molar-refractivity contribution is 6.28. The summed E-state index contributed by atoms with van der Waals surface area (Å²) < 4.78 is 0. The second kappa shape index (κ2) is 11.5. The minimum atomic E-state index is 0.654. The summed E-state index contributed by atoms with van der Waals surface area (Å²) in [5, 5.41) is 12.3. The maximum atomic E-state index is 5.08. The molecule has 232 valence electrons. The second-order valence-electron chi connectivity index (χ2n) is 12.8. The van der Waals surface area contributed by atoms with Gasteiger partial charge in [-0.1, -0.05) is 164 Å². The van der Waals surface area contributed by atoms with Crippen LogP contribution in [0.3, 0.4) is 0 Å². The molecular formula is C47H29N3. The van der Waals surface area contributed by atoms with E-state index in [4.69, 9.17) is 15.0 Å². The fourth-order valence-corrected chi connectivity index (χ4v) is 7.57. The normalized spacial score (nSPS) is 11.6.